The highest BCUT2D eigenvalue weighted by atomic mass is 16.5. The zero-order valence-corrected chi connectivity index (χ0v) is 12.9. The smallest absolute Gasteiger partial charge is 0.213 e. The average Bonchev–Trinajstić information content (AvgIpc) is 2.31. The Hall–Kier alpha value is -1.13. The Morgan fingerprint density at radius 3 is 2.63 bits per heavy atom. The fourth-order valence-electron chi connectivity index (χ4n) is 1.66. The Kier molecular flexibility index (Phi) is 6.81. The van der Waals surface area contributed by atoms with Crippen LogP contribution >= 0.6 is 0 Å². The van der Waals surface area contributed by atoms with Crippen LogP contribution in [0, 0.1) is 12.8 Å². The number of hydrogen-bond acceptors (Lipinski definition) is 4. The van der Waals surface area contributed by atoms with E-state index in [2.05, 4.69) is 35.1 Å². The first kappa shape index (κ1) is 15.9. The van der Waals surface area contributed by atoms with Crippen LogP contribution in [0.2, 0.25) is 0 Å². The minimum absolute atomic E-state index is 0.668. The first-order valence-corrected chi connectivity index (χ1v) is 6.93. The van der Waals surface area contributed by atoms with Crippen molar-refractivity contribution >= 4 is 0 Å². The molecule has 0 aliphatic heterocycles. The molecule has 0 atom stereocenters. The van der Waals surface area contributed by atoms with Gasteiger partial charge in [0.2, 0.25) is 5.88 Å². The maximum absolute atomic E-state index is 5.62. The molecule has 1 aromatic rings. The van der Waals surface area contributed by atoms with Crippen LogP contribution in [0.4, 0.5) is 0 Å². The Labute approximate surface area is 117 Å². The highest BCUT2D eigenvalue weighted by Gasteiger charge is 2.03. The lowest BCUT2D eigenvalue weighted by molar-refractivity contribution is 0.253. The van der Waals surface area contributed by atoms with Crippen LogP contribution in [0.5, 0.6) is 5.88 Å². The molecular weight excluding hydrogens is 238 g/mol. The van der Waals surface area contributed by atoms with E-state index in [-0.39, 0.29) is 0 Å². The third-order valence-electron chi connectivity index (χ3n) is 2.83. The summed E-state index contributed by atoms with van der Waals surface area (Å²) in [6.45, 7) is 9.92. The number of ether oxygens (including phenoxy) is 1. The molecule has 1 heterocycles. The van der Waals surface area contributed by atoms with Crippen LogP contribution in [0.3, 0.4) is 0 Å². The van der Waals surface area contributed by atoms with Crippen molar-refractivity contribution in [3.05, 3.63) is 23.4 Å². The molecule has 0 fully saturated rings. The maximum Gasteiger partial charge on any atom is 0.213 e. The zero-order chi connectivity index (χ0) is 14.3. The van der Waals surface area contributed by atoms with Gasteiger partial charge in [-0.25, -0.2) is 4.98 Å². The number of likely N-dealkylation sites (N-methyl/N-ethyl adjacent to an activating group) is 1. The highest BCUT2D eigenvalue weighted by molar-refractivity contribution is 5.24. The molecule has 108 valence electrons. The fourth-order valence-corrected chi connectivity index (χ4v) is 1.66. The molecule has 0 spiro atoms. The summed E-state index contributed by atoms with van der Waals surface area (Å²) in [5, 5.41) is 3.43. The van der Waals surface area contributed by atoms with Crippen molar-refractivity contribution in [1.82, 2.24) is 15.2 Å². The summed E-state index contributed by atoms with van der Waals surface area (Å²) >= 11 is 0. The van der Waals surface area contributed by atoms with E-state index < -0.39 is 0 Å². The van der Waals surface area contributed by atoms with Crippen molar-refractivity contribution < 1.29 is 4.74 Å². The molecule has 0 amide bonds. The molecule has 4 nitrogen and oxygen atoms in total. The first-order valence-electron chi connectivity index (χ1n) is 6.93. The van der Waals surface area contributed by atoms with Gasteiger partial charge in [0.05, 0.1) is 0 Å². The van der Waals surface area contributed by atoms with Gasteiger partial charge in [-0.3, -0.25) is 0 Å². The summed E-state index contributed by atoms with van der Waals surface area (Å²) in [6, 6.07) is 4.05. The van der Waals surface area contributed by atoms with Gasteiger partial charge >= 0.3 is 0 Å². The zero-order valence-electron chi connectivity index (χ0n) is 12.9. The molecule has 0 unspecified atom stereocenters. The van der Waals surface area contributed by atoms with Crippen LogP contribution in [-0.2, 0) is 6.54 Å². The maximum atomic E-state index is 5.62. The quantitative estimate of drug-likeness (QED) is 0.781. The minimum atomic E-state index is 0.668. The molecule has 19 heavy (non-hydrogen) atoms. The van der Waals surface area contributed by atoms with E-state index >= 15 is 0 Å². The lowest BCUT2D eigenvalue weighted by atomic mass is 10.2. The Bertz CT molecular complexity index is 378. The minimum Gasteiger partial charge on any atom is -0.476 e. The Morgan fingerprint density at radius 2 is 2.05 bits per heavy atom. The van der Waals surface area contributed by atoms with E-state index in [1.165, 1.54) is 5.56 Å². The SMILES string of the molecule is Cc1nc(OCCN(C)C)ccc1CNCC(C)C. The standard InChI is InChI=1S/C15H27N3O/c1-12(2)10-16-11-14-6-7-15(17-13(14)3)19-9-8-18(4)5/h6-7,12,16H,8-11H2,1-5H3. The van der Waals surface area contributed by atoms with Gasteiger partial charge in [-0.05, 0) is 39.0 Å². The van der Waals surface area contributed by atoms with Gasteiger partial charge in [-0.2, -0.15) is 0 Å². The van der Waals surface area contributed by atoms with Crippen molar-refractivity contribution in [3.8, 4) is 5.88 Å². The molecule has 0 bridgehead atoms. The lowest BCUT2D eigenvalue weighted by Crippen LogP contribution is -2.20. The Morgan fingerprint density at radius 1 is 1.32 bits per heavy atom. The second-order valence-electron chi connectivity index (χ2n) is 5.57. The van der Waals surface area contributed by atoms with Crippen LogP contribution in [0.25, 0.3) is 0 Å². The van der Waals surface area contributed by atoms with E-state index in [1.807, 2.05) is 27.1 Å². The summed E-state index contributed by atoms with van der Waals surface area (Å²) in [7, 11) is 4.07. The van der Waals surface area contributed by atoms with Crippen LogP contribution in [0.1, 0.15) is 25.1 Å². The van der Waals surface area contributed by atoms with Crippen molar-refractivity contribution in [1.29, 1.82) is 0 Å². The average molecular weight is 265 g/mol. The molecule has 1 rings (SSSR count). The van der Waals surface area contributed by atoms with Gasteiger partial charge in [-0.15, -0.1) is 0 Å². The van der Waals surface area contributed by atoms with Crippen LogP contribution in [0.15, 0.2) is 12.1 Å². The predicted octanol–water partition coefficient (Wildman–Crippen LogP) is 2.08. The van der Waals surface area contributed by atoms with Gasteiger partial charge in [-0.1, -0.05) is 19.9 Å². The molecule has 1 aromatic heterocycles. The highest BCUT2D eigenvalue weighted by Crippen LogP contribution is 2.12. The van der Waals surface area contributed by atoms with E-state index in [4.69, 9.17) is 4.74 Å². The number of pyridine rings is 1. The number of nitrogens with zero attached hydrogens (tertiary/aromatic N) is 2. The third kappa shape index (κ3) is 6.55. The fraction of sp³-hybridized carbons (Fsp3) is 0.667. The second kappa shape index (κ2) is 8.12. The molecule has 0 saturated carbocycles. The van der Waals surface area contributed by atoms with Crippen molar-refractivity contribution in [3.63, 3.8) is 0 Å². The Balaban J connectivity index is 2.45. The van der Waals surface area contributed by atoms with Crippen molar-refractivity contribution in [2.45, 2.75) is 27.3 Å². The summed E-state index contributed by atoms with van der Waals surface area (Å²) in [5.74, 6) is 1.38. The molecule has 4 heteroatoms. The van der Waals surface area contributed by atoms with E-state index in [1.54, 1.807) is 0 Å². The number of hydrogen-bond donors (Lipinski definition) is 1. The lowest BCUT2D eigenvalue weighted by Gasteiger charge is -2.12. The summed E-state index contributed by atoms with van der Waals surface area (Å²) in [5.41, 5.74) is 2.28. The van der Waals surface area contributed by atoms with E-state index in [0.29, 0.717) is 18.4 Å². The summed E-state index contributed by atoms with van der Waals surface area (Å²) < 4.78 is 5.62. The second-order valence-corrected chi connectivity index (χ2v) is 5.57. The normalized spacial score (nSPS) is 11.3. The van der Waals surface area contributed by atoms with E-state index in [0.717, 1.165) is 25.3 Å². The van der Waals surface area contributed by atoms with Crippen LogP contribution in [-0.4, -0.2) is 43.7 Å². The van der Waals surface area contributed by atoms with Crippen LogP contribution < -0.4 is 10.1 Å². The van der Waals surface area contributed by atoms with Gasteiger partial charge in [0.25, 0.3) is 0 Å². The molecule has 0 aliphatic carbocycles. The largest absolute Gasteiger partial charge is 0.476 e. The molecule has 0 saturated heterocycles. The molecule has 1 N–H and O–H groups in total. The summed E-state index contributed by atoms with van der Waals surface area (Å²) in [4.78, 5) is 6.58. The van der Waals surface area contributed by atoms with Gasteiger partial charge in [0, 0.05) is 24.8 Å². The monoisotopic (exact) mass is 265 g/mol. The number of nitrogens with one attached hydrogen (secondary N) is 1. The molecule has 0 radical (unpaired) electrons. The van der Waals surface area contributed by atoms with E-state index in [9.17, 15) is 0 Å². The number of aryl methyl sites for hydroxylation is 1. The molecule has 0 aromatic carbocycles. The van der Waals surface area contributed by atoms with Crippen molar-refractivity contribution in [2.75, 3.05) is 33.8 Å². The van der Waals surface area contributed by atoms with Crippen molar-refractivity contribution in [2.24, 2.45) is 5.92 Å². The topological polar surface area (TPSA) is 37.4 Å². The molecular formula is C15H27N3O. The predicted molar refractivity (Wildman–Crippen MR) is 79.6 cm³/mol. The first-order chi connectivity index (χ1) is 8.99. The third-order valence-corrected chi connectivity index (χ3v) is 2.83. The number of rotatable bonds is 8. The van der Waals surface area contributed by atoms with Gasteiger partial charge in [0.15, 0.2) is 0 Å². The summed E-state index contributed by atoms with van der Waals surface area (Å²) in [6.07, 6.45) is 0. The molecule has 0 aliphatic rings. The van der Waals surface area contributed by atoms with Gasteiger partial charge in [0.1, 0.15) is 6.61 Å². The van der Waals surface area contributed by atoms with Gasteiger partial charge < -0.3 is 15.0 Å². The number of aromatic nitrogens is 1.